The number of halogens is 1. The smallest absolute Gasteiger partial charge is 0.187 e. The molecule has 0 radical (unpaired) electrons. The minimum atomic E-state index is 0.136. The quantitative estimate of drug-likeness (QED) is 0.839. The second-order valence-corrected chi connectivity index (χ2v) is 4.47. The maximum absolute atomic E-state index is 9.27. The summed E-state index contributed by atoms with van der Waals surface area (Å²) in [5.41, 5.74) is 0. The van der Waals surface area contributed by atoms with Gasteiger partial charge in [-0.3, -0.25) is 0 Å². The van der Waals surface area contributed by atoms with Crippen molar-refractivity contribution in [2.75, 3.05) is 18.1 Å². The van der Waals surface area contributed by atoms with E-state index >= 15 is 0 Å². The molecule has 1 aliphatic rings. The summed E-state index contributed by atoms with van der Waals surface area (Å²) in [6.45, 7) is 3.18. The molecule has 0 bridgehead atoms. The molecule has 2 rings (SSSR count). The summed E-state index contributed by atoms with van der Waals surface area (Å²) in [6.07, 6.45) is 1.07. The van der Waals surface area contributed by atoms with Crippen LogP contribution in [-0.2, 0) is 0 Å². The zero-order valence-corrected chi connectivity index (χ0v) is 9.42. The Morgan fingerprint density at radius 3 is 3.00 bits per heavy atom. The maximum atomic E-state index is 9.27. The summed E-state index contributed by atoms with van der Waals surface area (Å²) < 4.78 is 8.07. The lowest BCUT2D eigenvalue weighted by molar-refractivity contribution is 0.244. The van der Waals surface area contributed by atoms with Crippen LogP contribution in [0.15, 0.2) is 0 Å². The molecule has 1 aliphatic heterocycles. The van der Waals surface area contributed by atoms with Crippen molar-refractivity contribution in [2.24, 2.45) is 5.92 Å². The Kier molecular flexibility index (Phi) is 2.90. The Hall–Kier alpha value is -0.390. The van der Waals surface area contributed by atoms with Crippen molar-refractivity contribution >= 4 is 29.1 Å². The zero-order valence-electron chi connectivity index (χ0n) is 7.85. The molecule has 0 aliphatic carbocycles. The molecule has 1 N–H and O–H groups in total. The molecule has 1 fully saturated rings. The first kappa shape index (κ1) is 10.1. The van der Waals surface area contributed by atoms with Crippen LogP contribution in [0.4, 0.5) is 5.82 Å². The van der Waals surface area contributed by atoms with E-state index in [1.807, 2.05) is 0 Å². The van der Waals surface area contributed by atoms with Gasteiger partial charge in [-0.2, -0.15) is 8.75 Å². The molecule has 2 unspecified atom stereocenters. The topological polar surface area (TPSA) is 49.2 Å². The van der Waals surface area contributed by atoms with Crippen LogP contribution in [0.5, 0.6) is 0 Å². The molecule has 78 valence electrons. The van der Waals surface area contributed by atoms with Crippen LogP contribution in [0.25, 0.3) is 0 Å². The molecular weight excluding hydrogens is 222 g/mol. The second-order valence-electron chi connectivity index (χ2n) is 3.59. The van der Waals surface area contributed by atoms with E-state index in [0.717, 1.165) is 30.5 Å². The van der Waals surface area contributed by atoms with Crippen LogP contribution in [0.1, 0.15) is 13.3 Å². The van der Waals surface area contributed by atoms with Gasteiger partial charge in [0, 0.05) is 6.54 Å². The van der Waals surface area contributed by atoms with Crippen molar-refractivity contribution in [1.82, 2.24) is 8.75 Å². The Morgan fingerprint density at radius 1 is 1.64 bits per heavy atom. The van der Waals surface area contributed by atoms with Crippen molar-refractivity contribution in [3.63, 3.8) is 0 Å². The molecule has 0 spiro atoms. The third-order valence-electron chi connectivity index (χ3n) is 2.77. The lowest BCUT2D eigenvalue weighted by atomic mass is 10.0. The van der Waals surface area contributed by atoms with Crippen LogP contribution in [0.3, 0.4) is 0 Å². The van der Waals surface area contributed by atoms with Gasteiger partial charge in [0.2, 0.25) is 0 Å². The fourth-order valence-electron chi connectivity index (χ4n) is 1.89. The molecule has 6 heteroatoms. The predicted molar refractivity (Wildman–Crippen MR) is 56.9 cm³/mol. The van der Waals surface area contributed by atoms with Gasteiger partial charge in [-0.15, -0.1) is 0 Å². The van der Waals surface area contributed by atoms with E-state index in [2.05, 4.69) is 20.6 Å². The van der Waals surface area contributed by atoms with Gasteiger partial charge < -0.3 is 10.0 Å². The molecule has 0 amide bonds. The zero-order chi connectivity index (χ0) is 10.1. The fourth-order valence-corrected chi connectivity index (χ4v) is 2.65. The molecule has 2 heterocycles. The first-order valence-electron chi connectivity index (χ1n) is 4.59. The molecule has 1 aromatic rings. The van der Waals surface area contributed by atoms with E-state index in [0.29, 0.717) is 11.1 Å². The average Bonchev–Trinajstić information content (AvgIpc) is 2.71. The molecule has 0 aromatic carbocycles. The first-order chi connectivity index (χ1) is 6.74. The molecule has 4 nitrogen and oxygen atoms in total. The van der Waals surface area contributed by atoms with Gasteiger partial charge in [-0.25, -0.2) is 0 Å². The minimum Gasteiger partial charge on any atom is -0.394 e. The number of hydrogen-bond acceptors (Lipinski definition) is 5. The number of hydrogen-bond donors (Lipinski definition) is 1. The molecule has 1 saturated heterocycles. The van der Waals surface area contributed by atoms with Gasteiger partial charge in [0.15, 0.2) is 11.0 Å². The van der Waals surface area contributed by atoms with Crippen molar-refractivity contribution < 1.29 is 5.11 Å². The summed E-state index contributed by atoms with van der Waals surface area (Å²) >= 11 is 7.01. The highest BCUT2D eigenvalue weighted by atomic mass is 35.5. The Labute approximate surface area is 91.8 Å². The summed E-state index contributed by atoms with van der Waals surface area (Å²) in [6, 6.07) is 0.136. The van der Waals surface area contributed by atoms with Gasteiger partial charge in [-0.1, -0.05) is 18.5 Å². The Balaban J connectivity index is 2.23. The minimum absolute atomic E-state index is 0.136. The summed E-state index contributed by atoms with van der Waals surface area (Å²) in [4.78, 5) is 2.05. The van der Waals surface area contributed by atoms with Crippen LogP contribution < -0.4 is 4.90 Å². The number of aliphatic hydroxyl groups is 1. The van der Waals surface area contributed by atoms with E-state index in [4.69, 9.17) is 11.6 Å². The van der Waals surface area contributed by atoms with E-state index in [1.54, 1.807) is 0 Å². The normalized spacial score (nSPS) is 27.2. The highest BCUT2D eigenvalue weighted by Gasteiger charge is 2.33. The van der Waals surface area contributed by atoms with Gasteiger partial charge >= 0.3 is 0 Å². The van der Waals surface area contributed by atoms with Gasteiger partial charge in [-0.05, 0) is 12.3 Å². The number of anilines is 1. The lowest BCUT2D eigenvalue weighted by Gasteiger charge is -2.24. The van der Waals surface area contributed by atoms with Crippen molar-refractivity contribution in [3.05, 3.63) is 5.15 Å². The van der Waals surface area contributed by atoms with Crippen molar-refractivity contribution in [2.45, 2.75) is 19.4 Å². The van der Waals surface area contributed by atoms with Crippen LogP contribution in [0, 0.1) is 5.92 Å². The van der Waals surface area contributed by atoms with Crippen molar-refractivity contribution in [3.8, 4) is 0 Å². The van der Waals surface area contributed by atoms with E-state index in [1.165, 1.54) is 0 Å². The highest BCUT2D eigenvalue weighted by molar-refractivity contribution is 6.99. The predicted octanol–water partition coefficient (Wildman–Crippen LogP) is 1.40. The summed E-state index contributed by atoms with van der Waals surface area (Å²) in [5, 5.41) is 9.71. The Morgan fingerprint density at radius 2 is 2.43 bits per heavy atom. The molecule has 1 aromatic heterocycles. The van der Waals surface area contributed by atoms with E-state index in [-0.39, 0.29) is 12.6 Å². The molecular formula is C8H12ClN3OS. The van der Waals surface area contributed by atoms with Gasteiger partial charge in [0.1, 0.15) is 0 Å². The van der Waals surface area contributed by atoms with Crippen LogP contribution >= 0.6 is 23.3 Å². The number of rotatable bonds is 2. The average molecular weight is 234 g/mol. The standard InChI is InChI=1S/C8H12ClN3OS/c1-5-2-3-12(6(5)4-13)8-7(9)10-14-11-8/h5-6,13H,2-4H2,1H3. The van der Waals surface area contributed by atoms with E-state index < -0.39 is 0 Å². The van der Waals surface area contributed by atoms with Gasteiger partial charge in [0.05, 0.1) is 24.4 Å². The van der Waals surface area contributed by atoms with Crippen LogP contribution in [0.2, 0.25) is 5.15 Å². The second kappa shape index (κ2) is 4.00. The first-order valence-corrected chi connectivity index (χ1v) is 5.70. The van der Waals surface area contributed by atoms with Crippen molar-refractivity contribution in [1.29, 1.82) is 0 Å². The lowest BCUT2D eigenvalue weighted by Crippen LogP contribution is -2.35. The van der Waals surface area contributed by atoms with Crippen LogP contribution in [-0.4, -0.2) is 33.0 Å². The van der Waals surface area contributed by atoms with Gasteiger partial charge in [0.25, 0.3) is 0 Å². The summed E-state index contributed by atoms with van der Waals surface area (Å²) in [5.74, 6) is 1.21. The largest absolute Gasteiger partial charge is 0.394 e. The number of aliphatic hydroxyl groups excluding tert-OH is 1. The molecule has 2 atom stereocenters. The monoisotopic (exact) mass is 233 g/mol. The van der Waals surface area contributed by atoms with E-state index in [9.17, 15) is 5.11 Å². The highest BCUT2D eigenvalue weighted by Crippen LogP contribution is 2.32. The third-order valence-corrected chi connectivity index (χ3v) is 3.65. The third kappa shape index (κ3) is 1.60. The maximum Gasteiger partial charge on any atom is 0.187 e. The number of aromatic nitrogens is 2. The fraction of sp³-hybridized carbons (Fsp3) is 0.750. The Bertz CT molecular complexity index is 319. The SMILES string of the molecule is CC1CCN(c2nsnc2Cl)C1CO. The summed E-state index contributed by atoms with van der Waals surface area (Å²) in [7, 11) is 0. The molecule has 14 heavy (non-hydrogen) atoms. The number of nitrogens with zero attached hydrogens (tertiary/aromatic N) is 3. The molecule has 0 saturated carbocycles.